The van der Waals surface area contributed by atoms with Crippen molar-refractivity contribution in [3.63, 3.8) is 0 Å². The summed E-state index contributed by atoms with van der Waals surface area (Å²) in [4.78, 5) is 51.7. The van der Waals surface area contributed by atoms with Gasteiger partial charge in [-0.15, -0.1) is 0 Å². The smallest absolute Gasteiger partial charge is 0.343 e. The lowest BCUT2D eigenvalue weighted by atomic mass is 9.48. The van der Waals surface area contributed by atoms with Crippen LogP contribution in [0.4, 0.5) is 10.5 Å². The number of methoxy groups -OCH3 is 2. The van der Waals surface area contributed by atoms with Gasteiger partial charge in [-0.3, -0.25) is 14.9 Å². The maximum absolute atomic E-state index is 13.5. The van der Waals surface area contributed by atoms with Gasteiger partial charge in [-0.1, -0.05) is 12.1 Å². The number of halogens is 1. The van der Waals surface area contributed by atoms with Crippen molar-refractivity contribution in [2.24, 2.45) is 17.8 Å². The van der Waals surface area contributed by atoms with E-state index in [1.165, 1.54) is 64.4 Å². The second-order valence-corrected chi connectivity index (χ2v) is 12.8. The molecule has 5 aliphatic rings. The Morgan fingerprint density at radius 2 is 1.66 bits per heavy atom. The average Bonchev–Trinajstić information content (AvgIpc) is 2.93. The molecule has 7 rings (SSSR count). The van der Waals surface area contributed by atoms with Gasteiger partial charge in [0.1, 0.15) is 5.57 Å². The van der Waals surface area contributed by atoms with Gasteiger partial charge in [0.15, 0.2) is 18.1 Å². The first-order chi connectivity index (χ1) is 19.7. The highest BCUT2D eigenvalue weighted by molar-refractivity contribution is 14.1. The van der Waals surface area contributed by atoms with Crippen LogP contribution in [0.5, 0.6) is 11.5 Å². The Bertz CT molecular complexity index is 1430. The van der Waals surface area contributed by atoms with Gasteiger partial charge in [0.25, 0.3) is 11.8 Å². The summed E-state index contributed by atoms with van der Waals surface area (Å²) in [6, 6.07) is 10.2. The fourth-order valence-corrected chi connectivity index (χ4v) is 8.42. The minimum Gasteiger partial charge on any atom is -0.493 e. The number of carbonyl (C=O) groups excluding carboxylic acids is 4. The van der Waals surface area contributed by atoms with Crippen molar-refractivity contribution in [3.8, 4) is 11.5 Å². The van der Waals surface area contributed by atoms with Crippen LogP contribution in [-0.4, -0.2) is 44.6 Å². The van der Waals surface area contributed by atoms with E-state index in [0.717, 1.165) is 22.7 Å². The van der Waals surface area contributed by atoms with Crippen LogP contribution in [0.25, 0.3) is 6.08 Å². The lowest BCUT2D eigenvalue weighted by Crippen LogP contribution is -2.54. The fourth-order valence-electron chi connectivity index (χ4n) is 7.64. The predicted octanol–water partition coefficient (Wildman–Crippen LogP) is 4.99. The number of amides is 4. The SMILES string of the molecule is COC(=O)COc1c(I)cc(/C=C2\C(=O)NC(=O)N(c3ccc(C45CC6CC(CC(C6)C4)C5)cc3)C2=O)cc1OC. The van der Waals surface area contributed by atoms with E-state index in [1.54, 1.807) is 12.1 Å². The largest absolute Gasteiger partial charge is 0.493 e. The molecular weight excluding hydrogens is 639 g/mol. The summed E-state index contributed by atoms with van der Waals surface area (Å²) in [5, 5.41) is 2.30. The second-order valence-electron chi connectivity index (χ2n) is 11.6. The summed E-state index contributed by atoms with van der Waals surface area (Å²) >= 11 is 2.01. The molecule has 9 nitrogen and oxygen atoms in total. The van der Waals surface area contributed by atoms with Gasteiger partial charge in [-0.25, -0.2) is 14.5 Å². The molecule has 41 heavy (non-hydrogen) atoms. The first kappa shape index (κ1) is 27.7. The van der Waals surface area contributed by atoms with Crippen molar-refractivity contribution in [1.29, 1.82) is 0 Å². The minimum atomic E-state index is -0.779. The molecule has 10 heteroatoms. The Labute approximate surface area is 251 Å². The van der Waals surface area contributed by atoms with Crippen LogP contribution in [0.15, 0.2) is 42.0 Å². The number of urea groups is 1. The highest BCUT2D eigenvalue weighted by atomic mass is 127. The standard InChI is InChI=1S/C31H31IN2O7/c1-39-25-12-17(11-24(32)27(25)41-16-26(35)40-2)10-23-28(36)33-30(38)34(29(23)37)22-5-3-21(4-6-22)31-13-18-7-19(14-31)9-20(8-18)15-31/h3-6,10-12,18-20H,7-9,13-16H2,1-2H3,(H,33,36,38)/b23-10+. The maximum Gasteiger partial charge on any atom is 0.343 e. The van der Waals surface area contributed by atoms with E-state index >= 15 is 0 Å². The van der Waals surface area contributed by atoms with E-state index in [2.05, 4.69) is 22.2 Å². The van der Waals surface area contributed by atoms with E-state index in [-0.39, 0.29) is 17.6 Å². The number of ether oxygens (including phenoxy) is 3. The number of anilines is 1. The van der Waals surface area contributed by atoms with Crippen molar-refractivity contribution in [2.45, 2.75) is 43.9 Å². The molecule has 5 fully saturated rings. The highest BCUT2D eigenvalue weighted by Crippen LogP contribution is 2.60. The molecule has 4 aliphatic carbocycles. The monoisotopic (exact) mass is 670 g/mol. The molecule has 1 heterocycles. The molecule has 1 aliphatic heterocycles. The van der Waals surface area contributed by atoms with Gasteiger partial charge in [0.05, 0.1) is 23.5 Å². The van der Waals surface area contributed by atoms with E-state index < -0.39 is 23.8 Å². The summed E-state index contributed by atoms with van der Waals surface area (Å²) < 4.78 is 16.2. The van der Waals surface area contributed by atoms with Gasteiger partial charge in [-0.05, 0) is 126 Å². The Balaban J connectivity index is 1.26. The number of imide groups is 2. The molecule has 2 aromatic rings. The lowest BCUT2D eigenvalue weighted by Gasteiger charge is -2.57. The highest BCUT2D eigenvalue weighted by Gasteiger charge is 2.51. The third-order valence-corrected chi connectivity index (χ3v) is 9.80. The van der Waals surface area contributed by atoms with Crippen LogP contribution in [0.1, 0.15) is 49.7 Å². The van der Waals surface area contributed by atoms with Crippen molar-refractivity contribution < 1.29 is 33.4 Å². The number of nitrogens with one attached hydrogen (secondary N) is 1. The normalized spacial score (nSPS) is 27.7. The third-order valence-electron chi connectivity index (χ3n) is 9.00. The van der Waals surface area contributed by atoms with Gasteiger partial charge in [0, 0.05) is 0 Å². The quantitative estimate of drug-likeness (QED) is 0.191. The Morgan fingerprint density at radius 1 is 1.02 bits per heavy atom. The summed E-state index contributed by atoms with van der Waals surface area (Å²) in [6.45, 7) is -0.303. The summed E-state index contributed by atoms with van der Waals surface area (Å²) in [6.07, 6.45) is 9.15. The minimum absolute atomic E-state index is 0.184. The average molecular weight is 671 g/mol. The molecule has 0 spiro atoms. The van der Waals surface area contributed by atoms with E-state index in [1.807, 2.05) is 34.7 Å². The van der Waals surface area contributed by atoms with Crippen LogP contribution in [0.2, 0.25) is 0 Å². The van der Waals surface area contributed by atoms with Crippen LogP contribution >= 0.6 is 22.6 Å². The van der Waals surface area contributed by atoms with Crippen LogP contribution in [0.3, 0.4) is 0 Å². The molecule has 0 aromatic heterocycles. The Kier molecular flexibility index (Phi) is 7.29. The molecule has 1 N–H and O–H groups in total. The van der Waals surface area contributed by atoms with Crippen molar-refractivity contribution in [1.82, 2.24) is 5.32 Å². The fraction of sp³-hybridized carbons (Fsp3) is 0.419. The van der Waals surface area contributed by atoms with Gasteiger partial charge < -0.3 is 14.2 Å². The first-order valence-electron chi connectivity index (χ1n) is 13.8. The van der Waals surface area contributed by atoms with Gasteiger partial charge in [-0.2, -0.15) is 0 Å². The Morgan fingerprint density at radius 3 is 2.24 bits per heavy atom. The number of hydrogen-bond acceptors (Lipinski definition) is 7. The Hall–Kier alpha value is -3.41. The molecule has 0 atom stereocenters. The number of rotatable bonds is 7. The molecule has 0 unspecified atom stereocenters. The van der Waals surface area contributed by atoms with E-state index in [9.17, 15) is 19.2 Å². The number of benzene rings is 2. The zero-order valence-electron chi connectivity index (χ0n) is 22.9. The summed E-state index contributed by atoms with van der Waals surface area (Å²) in [7, 11) is 2.71. The predicted molar refractivity (Wildman–Crippen MR) is 159 cm³/mol. The van der Waals surface area contributed by atoms with Gasteiger partial charge >= 0.3 is 12.0 Å². The zero-order valence-corrected chi connectivity index (χ0v) is 25.1. The maximum atomic E-state index is 13.5. The van der Waals surface area contributed by atoms with Crippen LogP contribution in [0, 0.1) is 21.3 Å². The number of esters is 1. The molecule has 1 saturated heterocycles. The third kappa shape index (κ3) is 5.11. The van der Waals surface area contributed by atoms with E-state index in [4.69, 9.17) is 9.47 Å². The molecule has 214 valence electrons. The molecule has 4 saturated carbocycles. The van der Waals surface area contributed by atoms with Crippen LogP contribution < -0.4 is 19.7 Å². The molecule has 0 radical (unpaired) electrons. The molecule has 4 bridgehead atoms. The molecule has 2 aromatic carbocycles. The van der Waals surface area contributed by atoms with Crippen molar-refractivity contribution in [2.75, 3.05) is 25.7 Å². The van der Waals surface area contributed by atoms with Gasteiger partial charge in [0.2, 0.25) is 0 Å². The zero-order chi connectivity index (χ0) is 28.9. The second kappa shape index (κ2) is 10.8. The van der Waals surface area contributed by atoms with E-state index in [0.29, 0.717) is 26.3 Å². The first-order valence-corrected chi connectivity index (χ1v) is 14.9. The van der Waals surface area contributed by atoms with Crippen molar-refractivity contribution >= 4 is 58.2 Å². The number of barbiturate groups is 1. The van der Waals surface area contributed by atoms with Crippen LogP contribution in [-0.2, 0) is 24.5 Å². The summed E-state index contributed by atoms with van der Waals surface area (Å²) in [5.74, 6) is 1.04. The number of hydrogen-bond donors (Lipinski definition) is 1. The summed E-state index contributed by atoms with van der Waals surface area (Å²) in [5.41, 5.74) is 2.20. The number of carbonyl (C=O) groups is 4. The molecular formula is C31H31IN2O7. The number of nitrogens with zero attached hydrogens (tertiary/aromatic N) is 1. The van der Waals surface area contributed by atoms with Crippen molar-refractivity contribution in [3.05, 3.63) is 56.7 Å². The topological polar surface area (TPSA) is 111 Å². The lowest BCUT2D eigenvalue weighted by molar-refractivity contribution is -0.143. The molecule has 4 amide bonds.